The van der Waals surface area contributed by atoms with Gasteiger partial charge in [-0.25, -0.2) is 0 Å². The van der Waals surface area contributed by atoms with Crippen LogP contribution in [0.25, 0.3) is 22.6 Å². The maximum absolute atomic E-state index is 7.41. The topological polar surface area (TPSA) is 137 Å². The van der Waals surface area contributed by atoms with Crippen LogP contribution in [-0.2, 0) is 0 Å². The van der Waals surface area contributed by atoms with Gasteiger partial charge in [-0.15, -0.1) is 24.8 Å². The number of aryl methyl sites for hydroxylation is 4. The monoisotopic (exact) mass is 462 g/mol. The minimum absolute atomic E-state index is 0. The molecule has 0 aliphatic rings. The van der Waals surface area contributed by atoms with E-state index in [-0.39, 0.29) is 36.7 Å². The number of furan rings is 1. The number of hydrogen-bond acceptors (Lipinski definition) is 3. The van der Waals surface area contributed by atoms with E-state index in [0.717, 1.165) is 56.3 Å². The predicted molar refractivity (Wildman–Crippen MR) is 134 cm³/mol. The Morgan fingerprint density at radius 2 is 0.968 bits per heavy atom. The first-order valence-corrected chi connectivity index (χ1v) is 9.21. The maximum Gasteiger partial charge on any atom is 0.190 e. The summed E-state index contributed by atoms with van der Waals surface area (Å²) in [4.78, 5) is 0. The second-order valence-corrected chi connectivity index (χ2v) is 7.21. The van der Waals surface area contributed by atoms with Gasteiger partial charge in [-0.05, 0) is 86.3 Å². The normalized spacial score (nSPS) is 9.94. The molecule has 166 valence electrons. The first kappa shape index (κ1) is 25.9. The number of benzene rings is 2. The molecule has 31 heavy (non-hydrogen) atoms. The van der Waals surface area contributed by atoms with Gasteiger partial charge in [0, 0.05) is 22.5 Å². The Kier molecular flexibility index (Phi) is 8.55. The second kappa shape index (κ2) is 10.2. The lowest BCUT2D eigenvalue weighted by atomic mass is 9.99. The summed E-state index contributed by atoms with van der Waals surface area (Å²) < 4.78 is 6.25. The Balaban J connectivity index is 0.00000240. The molecule has 0 unspecified atom stereocenters. The Bertz CT molecular complexity index is 991. The van der Waals surface area contributed by atoms with Crippen LogP contribution in [0.5, 0.6) is 0 Å². The van der Waals surface area contributed by atoms with Crippen molar-refractivity contribution in [1.82, 2.24) is 0 Å². The van der Waals surface area contributed by atoms with Gasteiger partial charge in [0.2, 0.25) is 0 Å². The van der Waals surface area contributed by atoms with Crippen molar-refractivity contribution < 1.29 is 4.42 Å². The average molecular weight is 463 g/mol. The summed E-state index contributed by atoms with van der Waals surface area (Å²) in [6, 6.07) is 11.7. The van der Waals surface area contributed by atoms with E-state index >= 15 is 0 Å². The van der Waals surface area contributed by atoms with Crippen molar-refractivity contribution in [2.75, 3.05) is 10.6 Å². The molecule has 1 aromatic heterocycles. The highest BCUT2D eigenvalue weighted by Gasteiger charge is 2.16. The summed E-state index contributed by atoms with van der Waals surface area (Å²) in [6.07, 6.45) is 0. The van der Waals surface area contributed by atoms with Crippen molar-refractivity contribution in [3.05, 3.63) is 58.7 Å². The largest absolute Gasteiger partial charge is 0.456 e. The van der Waals surface area contributed by atoms with Gasteiger partial charge < -0.3 is 26.5 Å². The van der Waals surface area contributed by atoms with E-state index in [1.165, 1.54) is 0 Å². The van der Waals surface area contributed by atoms with E-state index in [2.05, 4.69) is 10.6 Å². The van der Waals surface area contributed by atoms with E-state index in [9.17, 15) is 0 Å². The van der Waals surface area contributed by atoms with Crippen LogP contribution in [0.1, 0.15) is 22.3 Å². The zero-order valence-electron chi connectivity index (χ0n) is 17.8. The molecule has 9 heteroatoms. The summed E-state index contributed by atoms with van der Waals surface area (Å²) in [5.41, 5.74) is 18.6. The predicted octanol–water partition coefficient (Wildman–Crippen LogP) is 5.30. The number of nitrogens with one attached hydrogen (secondary N) is 4. The highest BCUT2D eigenvalue weighted by Crippen LogP contribution is 2.37. The quantitative estimate of drug-likeness (QED) is 0.230. The summed E-state index contributed by atoms with van der Waals surface area (Å²) in [7, 11) is 0. The van der Waals surface area contributed by atoms with Crippen molar-refractivity contribution in [3.8, 4) is 22.6 Å². The summed E-state index contributed by atoms with van der Waals surface area (Å²) in [6.45, 7) is 8.03. The number of nitrogens with two attached hydrogens (primary N) is 2. The zero-order chi connectivity index (χ0) is 21.3. The fraction of sp³-hybridized carbons (Fsp3) is 0.182. The fourth-order valence-electron chi connectivity index (χ4n) is 3.77. The third kappa shape index (κ3) is 5.71. The fourth-order valence-corrected chi connectivity index (χ4v) is 3.77. The molecule has 0 spiro atoms. The molecular formula is C22H28Cl2N6O. The van der Waals surface area contributed by atoms with Crippen LogP contribution in [0, 0.1) is 38.5 Å². The van der Waals surface area contributed by atoms with E-state index in [1.807, 2.05) is 64.1 Å². The highest BCUT2D eigenvalue weighted by atomic mass is 35.5. The molecule has 3 aromatic rings. The van der Waals surface area contributed by atoms with E-state index < -0.39 is 0 Å². The minimum atomic E-state index is -0.0921. The van der Waals surface area contributed by atoms with Gasteiger partial charge in [0.1, 0.15) is 11.5 Å². The van der Waals surface area contributed by atoms with Crippen LogP contribution in [0.4, 0.5) is 11.4 Å². The standard InChI is InChI=1S/C22H26N6O.2ClH/c1-11-7-15(27-21(23)24)8-12(2)19(11)17-5-6-18(29-17)20-13(3)9-16(10-14(20)4)28-22(25)26;;/h5-10H,1-4H3,(H4,23,24,27)(H4,25,26,28);2*1H. The summed E-state index contributed by atoms with van der Waals surface area (Å²) in [5.74, 6) is 1.39. The van der Waals surface area contributed by atoms with Crippen molar-refractivity contribution >= 4 is 48.1 Å². The average Bonchev–Trinajstić information content (AvgIpc) is 3.01. The van der Waals surface area contributed by atoms with E-state index in [0.29, 0.717) is 0 Å². The summed E-state index contributed by atoms with van der Waals surface area (Å²) >= 11 is 0. The molecule has 1 heterocycles. The third-order valence-electron chi connectivity index (χ3n) is 4.72. The van der Waals surface area contributed by atoms with Crippen molar-refractivity contribution in [2.24, 2.45) is 11.5 Å². The zero-order valence-corrected chi connectivity index (χ0v) is 19.5. The van der Waals surface area contributed by atoms with Crippen LogP contribution < -0.4 is 22.1 Å². The molecule has 2 aromatic carbocycles. The Hall–Kier alpha value is -3.16. The molecule has 0 radical (unpaired) electrons. The molecule has 0 saturated carbocycles. The number of guanidine groups is 2. The van der Waals surface area contributed by atoms with E-state index in [1.54, 1.807) is 0 Å². The second-order valence-electron chi connectivity index (χ2n) is 7.21. The van der Waals surface area contributed by atoms with Crippen LogP contribution in [0.2, 0.25) is 0 Å². The Morgan fingerprint density at radius 1 is 0.677 bits per heavy atom. The van der Waals surface area contributed by atoms with Gasteiger partial charge in [-0.1, -0.05) is 0 Å². The minimum Gasteiger partial charge on any atom is -0.456 e. The Morgan fingerprint density at radius 3 is 1.23 bits per heavy atom. The van der Waals surface area contributed by atoms with Gasteiger partial charge >= 0.3 is 0 Å². The molecule has 0 aliphatic heterocycles. The molecular weight excluding hydrogens is 435 g/mol. The first-order valence-electron chi connectivity index (χ1n) is 9.21. The number of hydrogen-bond donors (Lipinski definition) is 6. The van der Waals surface area contributed by atoms with Gasteiger partial charge in [-0.3, -0.25) is 10.8 Å². The summed E-state index contributed by atoms with van der Waals surface area (Å²) in [5, 5.41) is 20.5. The number of anilines is 2. The van der Waals surface area contributed by atoms with Gasteiger partial charge in [0.05, 0.1) is 0 Å². The smallest absolute Gasteiger partial charge is 0.190 e. The van der Waals surface area contributed by atoms with Gasteiger partial charge in [-0.2, -0.15) is 0 Å². The van der Waals surface area contributed by atoms with Crippen LogP contribution in [-0.4, -0.2) is 11.9 Å². The van der Waals surface area contributed by atoms with Gasteiger partial charge in [0.25, 0.3) is 0 Å². The molecule has 0 amide bonds. The van der Waals surface area contributed by atoms with Crippen molar-refractivity contribution in [2.45, 2.75) is 27.7 Å². The SMILES string of the molecule is Cc1cc(NC(=N)N)cc(C)c1-c1ccc(-c2c(C)cc(NC(=N)N)cc2C)o1.Cl.Cl. The lowest BCUT2D eigenvalue weighted by Gasteiger charge is -2.13. The molecule has 0 aliphatic carbocycles. The molecule has 0 fully saturated rings. The lowest BCUT2D eigenvalue weighted by molar-refractivity contribution is 0.595. The first-order chi connectivity index (χ1) is 13.7. The van der Waals surface area contributed by atoms with Crippen LogP contribution >= 0.6 is 24.8 Å². The van der Waals surface area contributed by atoms with Crippen molar-refractivity contribution in [1.29, 1.82) is 10.8 Å². The molecule has 0 bridgehead atoms. The van der Waals surface area contributed by atoms with Crippen LogP contribution in [0.3, 0.4) is 0 Å². The maximum atomic E-state index is 7.41. The Labute approximate surface area is 194 Å². The lowest BCUT2D eigenvalue weighted by Crippen LogP contribution is -2.20. The van der Waals surface area contributed by atoms with Crippen molar-refractivity contribution in [3.63, 3.8) is 0 Å². The molecule has 0 saturated heterocycles. The molecule has 7 nitrogen and oxygen atoms in total. The third-order valence-corrected chi connectivity index (χ3v) is 4.72. The van der Waals surface area contributed by atoms with Gasteiger partial charge in [0.15, 0.2) is 11.9 Å². The number of halogens is 2. The van der Waals surface area contributed by atoms with Crippen LogP contribution in [0.15, 0.2) is 40.8 Å². The molecule has 8 N–H and O–H groups in total. The number of rotatable bonds is 4. The molecule has 3 rings (SSSR count). The highest BCUT2D eigenvalue weighted by molar-refractivity contribution is 5.91. The molecule has 0 atom stereocenters. The van der Waals surface area contributed by atoms with E-state index in [4.69, 9.17) is 26.7 Å².